The standard InChI is InChI=1S/C16H30B2N4O2S2/c1-3-5-15(23)22(8-6-19-17)10-13-26-11-4-7-21(9-12-25-2)16(24)14-20-18/h3-14H2,1-2H3. The average Bonchev–Trinajstić information content (AvgIpc) is 2.63. The second kappa shape index (κ2) is 17.8. The van der Waals surface area contributed by atoms with Gasteiger partial charge in [0.2, 0.25) is 0 Å². The minimum absolute atomic E-state index is 0.0200. The van der Waals surface area contributed by atoms with Crippen LogP contribution in [0.2, 0.25) is 0 Å². The van der Waals surface area contributed by atoms with Crippen molar-refractivity contribution in [2.24, 2.45) is 9.79 Å². The summed E-state index contributed by atoms with van der Waals surface area (Å²) in [7, 11) is 10.3. The molecule has 0 aromatic carbocycles. The van der Waals surface area contributed by atoms with Crippen molar-refractivity contribution in [3.63, 3.8) is 0 Å². The fraction of sp³-hybridized carbons (Fsp3) is 0.875. The van der Waals surface area contributed by atoms with Gasteiger partial charge in [-0.05, 0) is 0 Å². The van der Waals surface area contributed by atoms with Crippen LogP contribution in [0.1, 0.15) is 26.2 Å². The third-order valence-corrected chi connectivity index (χ3v) is 5.32. The van der Waals surface area contributed by atoms with Gasteiger partial charge in [0.1, 0.15) is 0 Å². The molecule has 10 heteroatoms. The number of amides is 2. The monoisotopic (exact) mass is 396 g/mol. The molecule has 0 aliphatic carbocycles. The van der Waals surface area contributed by atoms with Gasteiger partial charge in [-0.15, -0.1) is 0 Å². The predicted octanol–water partition coefficient (Wildman–Crippen LogP) is 1.63. The second-order valence-corrected chi connectivity index (χ2v) is 7.93. The van der Waals surface area contributed by atoms with Gasteiger partial charge in [-0.2, -0.15) is 0 Å². The van der Waals surface area contributed by atoms with E-state index < -0.39 is 0 Å². The molecule has 0 aliphatic rings. The molecule has 0 aromatic heterocycles. The Morgan fingerprint density at radius 2 is 1.62 bits per heavy atom. The first kappa shape index (κ1) is 25.4. The Morgan fingerprint density at radius 3 is 2.23 bits per heavy atom. The van der Waals surface area contributed by atoms with Crippen LogP contribution in [0.3, 0.4) is 0 Å². The Bertz CT molecular complexity index is 425. The predicted molar refractivity (Wildman–Crippen MR) is 114 cm³/mol. The molecule has 0 bridgehead atoms. The molecular weight excluding hydrogens is 366 g/mol. The van der Waals surface area contributed by atoms with E-state index in [9.17, 15) is 9.59 Å². The summed E-state index contributed by atoms with van der Waals surface area (Å²) in [4.78, 5) is 34.7. The van der Waals surface area contributed by atoms with Gasteiger partial charge in [0.05, 0.1) is 0 Å². The van der Waals surface area contributed by atoms with E-state index in [1.165, 1.54) is 0 Å². The molecule has 0 spiro atoms. The van der Waals surface area contributed by atoms with E-state index in [-0.39, 0.29) is 18.4 Å². The maximum atomic E-state index is 12.1. The molecule has 0 fully saturated rings. The summed E-state index contributed by atoms with van der Waals surface area (Å²) >= 11 is 3.51. The molecule has 2 amide bonds. The van der Waals surface area contributed by atoms with Crippen molar-refractivity contribution in [1.29, 1.82) is 0 Å². The number of hydrogen-bond acceptors (Lipinski definition) is 6. The number of carbonyl (C=O) groups excluding carboxylic acids is 2. The molecule has 0 rings (SSSR count). The Labute approximate surface area is 168 Å². The zero-order valence-electron chi connectivity index (χ0n) is 16.1. The molecule has 0 atom stereocenters. The fourth-order valence-electron chi connectivity index (χ4n) is 2.29. The molecule has 0 saturated heterocycles. The van der Waals surface area contributed by atoms with Crippen LogP contribution >= 0.6 is 23.5 Å². The van der Waals surface area contributed by atoms with Crippen molar-refractivity contribution < 1.29 is 9.59 Å². The van der Waals surface area contributed by atoms with Gasteiger partial charge in [-0.1, -0.05) is 0 Å². The first-order valence-corrected chi connectivity index (χ1v) is 11.5. The van der Waals surface area contributed by atoms with Gasteiger partial charge in [0.15, 0.2) is 0 Å². The summed E-state index contributed by atoms with van der Waals surface area (Å²) in [6, 6.07) is 0. The molecule has 0 aliphatic heterocycles. The van der Waals surface area contributed by atoms with Crippen LogP contribution in [-0.2, 0) is 9.59 Å². The van der Waals surface area contributed by atoms with Gasteiger partial charge in [0, 0.05) is 0 Å². The normalized spacial score (nSPS) is 10.3. The van der Waals surface area contributed by atoms with E-state index >= 15 is 0 Å². The van der Waals surface area contributed by atoms with Crippen molar-refractivity contribution in [2.45, 2.75) is 26.2 Å². The molecule has 0 aromatic rings. The van der Waals surface area contributed by atoms with Crippen LogP contribution in [0.15, 0.2) is 9.79 Å². The van der Waals surface area contributed by atoms with Crippen molar-refractivity contribution in [2.75, 3.05) is 62.8 Å². The second-order valence-electron chi connectivity index (χ2n) is 5.72. The van der Waals surface area contributed by atoms with E-state index in [2.05, 4.69) is 9.79 Å². The number of nitrogens with zero attached hydrogens (tertiary/aromatic N) is 4. The molecule has 0 unspecified atom stereocenters. The van der Waals surface area contributed by atoms with Crippen molar-refractivity contribution >= 4 is 50.6 Å². The minimum atomic E-state index is -0.0200. The van der Waals surface area contributed by atoms with Gasteiger partial charge in [0.25, 0.3) is 0 Å². The van der Waals surface area contributed by atoms with Crippen LogP contribution in [0, 0.1) is 0 Å². The van der Waals surface area contributed by atoms with Crippen molar-refractivity contribution in [3.8, 4) is 0 Å². The molecule has 144 valence electrons. The average molecular weight is 396 g/mol. The van der Waals surface area contributed by atoms with Crippen molar-refractivity contribution in [1.82, 2.24) is 9.80 Å². The molecule has 0 N–H and O–H groups in total. The van der Waals surface area contributed by atoms with E-state index in [0.717, 1.165) is 36.6 Å². The fourth-order valence-corrected chi connectivity index (χ4v) is 3.58. The van der Waals surface area contributed by atoms with Crippen LogP contribution in [0.5, 0.6) is 0 Å². The van der Waals surface area contributed by atoms with Crippen LogP contribution in [0.4, 0.5) is 0 Å². The summed E-state index contributed by atoms with van der Waals surface area (Å²) in [5.74, 6) is 2.87. The van der Waals surface area contributed by atoms with Crippen LogP contribution in [-0.4, -0.2) is 99.7 Å². The van der Waals surface area contributed by atoms with E-state index in [1.54, 1.807) is 23.5 Å². The van der Waals surface area contributed by atoms with Gasteiger partial charge in [-0.3, -0.25) is 0 Å². The third-order valence-electron chi connectivity index (χ3n) is 3.68. The quantitative estimate of drug-likeness (QED) is 0.277. The van der Waals surface area contributed by atoms with E-state index in [0.29, 0.717) is 32.6 Å². The molecule has 0 heterocycles. The zero-order valence-corrected chi connectivity index (χ0v) is 17.7. The zero-order chi connectivity index (χ0) is 19.6. The number of carbonyl (C=O) groups is 2. The Kier molecular flexibility index (Phi) is 17.3. The number of thioether (sulfide) groups is 2. The molecule has 26 heavy (non-hydrogen) atoms. The van der Waals surface area contributed by atoms with Crippen molar-refractivity contribution in [3.05, 3.63) is 0 Å². The summed E-state index contributed by atoms with van der Waals surface area (Å²) < 4.78 is 0. The first-order chi connectivity index (χ1) is 12.6. The third kappa shape index (κ3) is 12.7. The summed E-state index contributed by atoms with van der Waals surface area (Å²) in [6.07, 6.45) is 4.34. The Balaban J connectivity index is 4.11. The molecule has 2 radical (unpaired) electrons. The molecule has 0 saturated carbocycles. The first-order valence-electron chi connectivity index (χ1n) is 8.96. The van der Waals surface area contributed by atoms with Crippen LogP contribution in [0.25, 0.3) is 0 Å². The SMILES string of the molecule is [B]=NCCN(CCSCCCN(CCSC)C(=O)CN=[B])C(=O)CCC. The van der Waals surface area contributed by atoms with E-state index in [1.807, 2.05) is 23.0 Å². The molecular formula is C16H30B2N4O2S2. The Hall–Kier alpha value is -0.630. The summed E-state index contributed by atoms with van der Waals surface area (Å²) in [6.45, 7) is 5.24. The Morgan fingerprint density at radius 1 is 0.923 bits per heavy atom. The topological polar surface area (TPSA) is 65.3 Å². The van der Waals surface area contributed by atoms with E-state index in [4.69, 9.17) is 15.3 Å². The summed E-state index contributed by atoms with van der Waals surface area (Å²) in [5.41, 5.74) is 0. The number of hydrogen-bond donors (Lipinski definition) is 0. The number of rotatable bonds is 17. The van der Waals surface area contributed by atoms with Gasteiger partial charge in [-0.25, -0.2) is 0 Å². The summed E-state index contributed by atoms with van der Waals surface area (Å²) in [5, 5.41) is 0. The van der Waals surface area contributed by atoms with Gasteiger partial charge >= 0.3 is 169 Å². The van der Waals surface area contributed by atoms with Gasteiger partial charge < -0.3 is 0 Å². The maximum absolute atomic E-state index is 12.1. The molecule has 6 nitrogen and oxygen atoms in total. The van der Waals surface area contributed by atoms with Crippen LogP contribution < -0.4 is 0 Å².